The Morgan fingerprint density at radius 1 is 0.838 bits per heavy atom. The Balaban J connectivity index is 1.61. The molecule has 0 spiro atoms. The number of carbonyl (C=O) groups excluding carboxylic acids is 7. The third kappa shape index (κ3) is 15.8. The molecule has 7 amide bonds. The molecule has 0 aliphatic heterocycles. The van der Waals surface area contributed by atoms with Gasteiger partial charge in [-0.15, -0.1) is 0 Å². The number of aliphatic hydroxyl groups excluding tert-OH is 1. The molecule has 20 heteroatoms. The first-order valence-electron chi connectivity index (χ1n) is 22.1. The molecule has 68 heavy (non-hydrogen) atoms. The minimum absolute atomic E-state index is 0.0117. The summed E-state index contributed by atoms with van der Waals surface area (Å²) in [5, 5.41) is 23.5. The number of carbonyl (C=O) groups is 7. The smallest absolute Gasteiger partial charge is 0.248 e. The topological polar surface area (TPSA) is 250 Å². The number of aromatic nitrogens is 2. The Bertz CT molecular complexity index is 2380. The van der Waals surface area contributed by atoms with Gasteiger partial charge < -0.3 is 51.8 Å². The van der Waals surface area contributed by atoms with E-state index in [0.717, 1.165) is 23.8 Å². The SMILES string of the molecule is CNCCNC(=O)[C@H](CCN(C(=O)CO)[C@@H](c1cc(-c2cc(F)ccc2F)cn1Cc1ccccc1)C(C)(C)C)NC(=O)[C@H](CC(N)=O)NC(=O)[C@H](C)NC(=O)CN(C)C(=O)Cc1ccncc1. The van der Waals surface area contributed by atoms with Crippen LogP contribution in [0.3, 0.4) is 0 Å². The Morgan fingerprint density at radius 2 is 1.51 bits per heavy atom. The van der Waals surface area contributed by atoms with Crippen molar-refractivity contribution in [1.82, 2.24) is 45.9 Å². The van der Waals surface area contributed by atoms with Crippen LogP contribution >= 0.6 is 0 Å². The van der Waals surface area contributed by atoms with Crippen LogP contribution in [0, 0.1) is 17.0 Å². The summed E-state index contributed by atoms with van der Waals surface area (Å²) in [4.78, 5) is 99.3. The van der Waals surface area contributed by atoms with Gasteiger partial charge in [0.15, 0.2) is 0 Å². The molecule has 0 aliphatic rings. The molecule has 0 saturated heterocycles. The van der Waals surface area contributed by atoms with Crippen LogP contribution in [0.15, 0.2) is 85.3 Å². The molecule has 4 aromatic rings. The summed E-state index contributed by atoms with van der Waals surface area (Å²) in [5.74, 6) is -6.66. The molecule has 0 bridgehead atoms. The summed E-state index contributed by atoms with van der Waals surface area (Å²) in [5.41, 5.74) is 7.03. The second kappa shape index (κ2) is 25.2. The van der Waals surface area contributed by atoms with Gasteiger partial charge in [0.25, 0.3) is 0 Å². The summed E-state index contributed by atoms with van der Waals surface area (Å²) in [6.45, 7) is 6.03. The Kier molecular flexibility index (Phi) is 19.8. The van der Waals surface area contributed by atoms with Gasteiger partial charge in [-0.2, -0.15) is 0 Å². The zero-order valence-electron chi connectivity index (χ0n) is 39.2. The number of hydrogen-bond acceptors (Lipinski definition) is 10. The molecular weight excluding hydrogens is 883 g/mol. The highest BCUT2D eigenvalue weighted by Crippen LogP contribution is 2.41. The number of nitrogens with one attached hydrogen (secondary N) is 5. The first-order valence-corrected chi connectivity index (χ1v) is 22.1. The molecule has 366 valence electrons. The second-order valence-electron chi connectivity index (χ2n) is 17.5. The number of nitrogens with two attached hydrogens (primary N) is 1. The molecule has 18 nitrogen and oxygen atoms in total. The van der Waals surface area contributed by atoms with Crippen molar-refractivity contribution in [2.45, 2.75) is 77.7 Å². The zero-order valence-corrected chi connectivity index (χ0v) is 39.2. The van der Waals surface area contributed by atoms with E-state index in [4.69, 9.17) is 5.73 Å². The third-order valence-corrected chi connectivity index (χ3v) is 10.9. The van der Waals surface area contributed by atoms with E-state index in [1.807, 2.05) is 55.7 Å². The summed E-state index contributed by atoms with van der Waals surface area (Å²) in [6, 6.07) is 12.2. The lowest BCUT2D eigenvalue weighted by Gasteiger charge is -2.41. The van der Waals surface area contributed by atoms with Crippen LogP contribution in [0.5, 0.6) is 0 Å². The summed E-state index contributed by atoms with van der Waals surface area (Å²) in [6.07, 6.45) is 3.78. The normalized spacial score (nSPS) is 13.0. The molecule has 0 aliphatic carbocycles. The standard InChI is InChI=1S/C48H62F2N10O8/c1-30(55-41(63)28-58(6)42(64)22-31-14-17-53-18-15-31)45(66)57-38(25-40(51)62)47(68)56-37(46(67)54-20-19-52-5)16-21-60(43(65)29-61)44(48(2,3)4)39-23-33(35-24-34(49)12-13-36(35)50)27-59(39)26-32-10-8-7-9-11-32/h7-15,17-18,23-24,27,30,37-38,44,52,61H,16,19-22,25-26,28-29H2,1-6H3,(H2,51,62)(H,54,67)(H,55,63)(H,56,68)(H,57,66)/t30-,37-,38-,44-/m0/s1. The monoisotopic (exact) mass is 944 g/mol. The van der Waals surface area contributed by atoms with E-state index >= 15 is 4.39 Å². The maximum atomic E-state index is 15.3. The van der Waals surface area contributed by atoms with Crippen molar-refractivity contribution in [2.75, 3.05) is 46.9 Å². The molecule has 4 atom stereocenters. The molecule has 0 fully saturated rings. The van der Waals surface area contributed by atoms with E-state index < -0.39 is 96.2 Å². The number of likely N-dealkylation sites (N-methyl/N-ethyl adjacent to an activating group) is 2. The minimum Gasteiger partial charge on any atom is -0.387 e. The first-order chi connectivity index (χ1) is 32.2. The van der Waals surface area contributed by atoms with Gasteiger partial charge in [0.2, 0.25) is 41.4 Å². The van der Waals surface area contributed by atoms with Crippen molar-refractivity contribution >= 4 is 41.4 Å². The fraction of sp³-hybridized carbons (Fsp3) is 0.417. The van der Waals surface area contributed by atoms with Crippen molar-refractivity contribution in [3.63, 3.8) is 0 Å². The molecule has 2 heterocycles. The molecule has 0 unspecified atom stereocenters. The quantitative estimate of drug-likeness (QED) is 0.0500. The van der Waals surface area contributed by atoms with Crippen LogP contribution in [0.2, 0.25) is 0 Å². The molecule has 2 aromatic carbocycles. The van der Waals surface area contributed by atoms with Gasteiger partial charge in [-0.25, -0.2) is 8.78 Å². The van der Waals surface area contributed by atoms with E-state index in [-0.39, 0.29) is 43.9 Å². The van der Waals surface area contributed by atoms with Crippen molar-refractivity contribution in [2.24, 2.45) is 11.1 Å². The van der Waals surface area contributed by atoms with Crippen molar-refractivity contribution in [1.29, 1.82) is 0 Å². The van der Waals surface area contributed by atoms with Crippen LogP contribution in [0.25, 0.3) is 11.1 Å². The lowest BCUT2D eigenvalue weighted by Crippen LogP contribution is -2.58. The predicted molar refractivity (Wildman–Crippen MR) is 249 cm³/mol. The Labute approximate surface area is 394 Å². The lowest BCUT2D eigenvalue weighted by molar-refractivity contribution is -0.140. The highest BCUT2D eigenvalue weighted by molar-refractivity contribution is 5.96. The number of nitrogens with zero attached hydrogens (tertiary/aromatic N) is 4. The minimum atomic E-state index is -1.63. The van der Waals surface area contributed by atoms with Gasteiger partial charge in [0.1, 0.15) is 36.4 Å². The van der Waals surface area contributed by atoms with Crippen LogP contribution in [-0.2, 0) is 46.5 Å². The van der Waals surface area contributed by atoms with E-state index in [1.165, 1.54) is 36.2 Å². The van der Waals surface area contributed by atoms with Crippen LogP contribution < -0.4 is 32.3 Å². The second-order valence-corrected chi connectivity index (χ2v) is 17.5. The number of aliphatic hydroxyl groups is 1. The maximum Gasteiger partial charge on any atom is 0.248 e. The molecule has 2 aromatic heterocycles. The van der Waals surface area contributed by atoms with E-state index in [1.54, 1.807) is 31.4 Å². The van der Waals surface area contributed by atoms with Gasteiger partial charge in [0.05, 0.1) is 25.4 Å². The number of benzene rings is 2. The largest absolute Gasteiger partial charge is 0.387 e. The maximum absolute atomic E-state index is 15.3. The molecule has 4 rings (SSSR count). The number of halogens is 2. The highest BCUT2D eigenvalue weighted by atomic mass is 19.1. The van der Waals surface area contributed by atoms with Gasteiger partial charge in [-0.1, -0.05) is 51.1 Å². The molecule has 0 radical (unpaired) electrons. The fourth-order valence-corrected chi connectivity index (χ4v) is 7.52. The summed E-state index contributed by atoms with van der Waals surface area (Å²) < 4.78 is 31.6. The molecular formula is C48H62F2N10O8. The summed E-state index contributed by atoms with van der Waals surface area (Å²) in [7, 11) is 3.09. The molecule has 0 saturated carbocycles. The van der Waals surface area contributed by atoms with E-state index in [9.17, 15) is 43.1 Å². The number of primary amides is 1. The predicted octanol–water partition coefficient (Wildman–Crippen LogP) is 1.56. The number of rotatable bonds is 24. The highest BCUT2D eigenvalue weighted by Gasteiger charge is 2.38. The number of amides is 7. The molecule has 8 N–H and O–H groups in total. The Morgan fingerprint density at radius 3 is 2.15 bits per heavy atom. The van der Waals surface area contributed by atoms with E-state index in [2.05, 4.69) is 31.6 Å². The van der Waals surface area contributed by atoms with Crippen molar-refractivity contribution in [3.05, 3.63) is 114 Å². The average molecular weight is 945 g/mol. The third-order valence-electron chi connectivity index (χ3n) is 10.9. The fourth-order valence-electron chi connectivity index (χ4n) is 7.52. The average Bonchev–Trinajstić information content (AvgIpc) is 3.69. The van der Waals surface area contributed by atoms with Crippen LogP contribution in [-0.4, -0.2) is 131 Å². The summed E-state index contributed by atoms with van der Waals surface area (Å²) >= 11 is 0. The van der Waals surface area contributed by atoms with Crippen molar-refractivity contribution < 1.29 is 47.4 Å². The van der Waals surface area contributed by atoms with Gasteiger partial charge in [-0.3, -0.25) is 38.5 Å². The number of pyridine rings is 1. The lowest BCUT2D eigenvalue weighted by atomic mass is 9.82. The van der Waals surface area contributed by atoms with Gasteiger partial charge >= 0.3 is 0 Å². The zero-order chi connectivity index (χ0) is 50.1. The number of hydrogen-bond donors (Lipinski definition) is 7. The van der Waals surface area contributed by atoms with Gasteiger partial charge in [-0.05, 0) is 73.3 Å². The van der Waals surface area contributed by atoms with Crippen molar-refractivity contribution in [3.8, 4) is 11.1 Å². The first kappa shape index (κ1) is 53.6. The van der Waals surface area contributed by atoms with Crippen LogP contribution in [0.1, 0.15) is 63.4 Å². The van der Waals surface area contributed by atoms with E-state index in [0.29, 0.717) is 23.4 Å². The Hall–Kier alpha value is -7.06. The van der Waals surface area contributed by atoms with Gasteiger partial charge in [0, 0.05) is 68.6 Å². The van der Waals surface area contributed by atoms with Crippen LogP contribution in [0.4, 0.5) is 8.78 Å².